The van der Waals surface area contributed by atoms with E-state index in [1.165, 1.54) is 0 Å². The van der Waals surface area contributed by atoms with Crippen LogP contribution in [0.3, 0.4) is 0 Å². The number of benzene rings is 1. The standard InChI is InChI=1S/C16H15ClN2O2/c17-12-4-5-14-11(9-12)10-15(21-14)16(20)19-8-6-13-3-1-2-7-18-13/h1-5,7,9,15H,6,8,10H2,(H,19,20)/t15-/m1/s1. The van der Waals surface area contributed by atoms with Gasteiger partial charge in [0, 0.05) is 36.3 Å². The second-order valence-electron chi connectivity index (χ2n) is 4.92. The Morgan fingerprint density at radius 1 is 1.38 bits per heavy atom. The van der Waals surface area contributed by atoms with Gasteiger partial charge in [0.15, 0.2) is 6.10 Å². The number of amides is 1. The summed E-state index contributed by atoms with van der Waals surface area (Å²) in [5, 5.41) is 3.55. The van der Waals surface area contributed by atoms with Gasteiger partial charge in [-0.3, -0.25) is 9.78 Å². The predicted octanol–water partition coefficient (Wildman–Crippen LogP) is 2.40. The summed E-state index contributed by atoms with van der Waals surface area (Å²) >= 11 is 5.94. The lowest BCUT2D eigenvalue weighted by molar-refractivity contribution is -0.127. The minimum Gasteiger partial charge on any atom is -0.480 e. The quantitative estimate of drug-likeness (QED) is 0.943. The van der Waals surface area contributed by atoms with E-state index >= 15 is 0 Å². The second-order valence-corrected chi connectivity index (χ2v) is 5.36. The fourth-order valence-electron chi connectivity index (χ4n) is 2.34. The van der Waals surface area contributed by atoms with Gasteiger partial charge in [0.25, 0.3) is 5.91 Å². The van der Waals surface area contributed by atoms with E-state index in [2.05, 4.69) is 10.3 Å². The predicted molar refractivity (Wildman–Crippen MR) is 80.5 cm³/mol. The van der Waals surface area contributed by atoms with Gasteiger partial charge in [-0.25, -0.2) is 0 Å². The first-order valence-corrected chi connectivity index (χ1v) is 7.23. The number of aromatic nitrogens is 1. The van der Waals surface area contributed by atoms with Crippen molar-refractivity contribution in [2.24, 2.45) is 0 Å². The minimum absolute atomic E-state index is 0.0988. The number of carbonyl (C=O) groups is 1. The third-order valence-electron chi connectivity index (χ3n) is 3.40. The van der Waals surface area contributed by atoms with Crippen LogP contribution in [0.25, 0.3) is 0 Å². The molecule has 2 heterocycles. The Morgan fingerprint density at radius 3 is 3.10 bits per heavy atom. The lowest BCUT2D eigenvalue weighted by Gasteiger charge is -2.11. The molecule has 0 saturated heterocycles. The van der Waals surface area contributed by atoms with Gasteiger partial charge in [0.05, 0.1) is 0 Å². The molecule has 3 rings (SSSR count). The van der Waals surface area contributed by atoms with Gasteiger partial charge in [0.1, 0.15) is 5.75 Å². The van der Waals surface area contributed by atoms with Crippen molar-refractivity contribution < 1.29 is 9.53 Å². The molecule has 0 aliphatic carbocycles. The largest absolute Gasteiger partial charge is 0.480 e. The highest BCUT2D eigenvalue weighted by atomic mass is 35.5. The summed E-state index contributed by atoms with van der Waals surface area (Å²) < 4.78 is 5.64. The van der Waals surface area contributed by atoms with Crippen molar-refractivity contribution in [2.75, 3.05) is 6.54 Å². The summed E-state index contributed by atoms with van der Waals surface area (Å²) in [6, 6.07) is 11.2. The van der Waals surface area contributed by atoms with Gasteiger partial charge in [-0.2, -0.15) is 0 Å². The summed E-state index contributed by atoms with van der Waals surface area (Å²) in [6.45, 7) is 0.548. The molecule has 108 valence electrons. The van der Waals surface area contributed by atoms with Gasteiger partial charge >= 0.3 is 0 Å². The van der Waals surface area contributed by atoms with Crippen LogP contribution in [0.4, 0.5) is 0 Å². The van der Waals surface area contributed by atoms with Crippen LogP contribution in [0, 0.1) is 0 Å². The van der Waals surface area contributed by atoms with E-state index in [4.69, 9.17) is 16.3 Å². The Hall–Kier alpha value is -2.07. The third-order valence-corrected chi connectivity index (χ3v) is 3.63. The van der Waals surface area contributed by atoms with Gasteiger partial charge in [-0.1, -0.05) is 17.7 Å². The maximum atomic E-state index is 12.1. The number of rotatable bonds is 4. The molecule has 1 aliphatic rings. The first-order chi connectivity index (χ1) is 10.2. The Bertz CT molecular complexity index is 646. The van der Waals surface area contributed by atoms with Crippen molar-refractivity contribution in [3.8, 4) is 5.75 Å². The molecule has 1 atom stereocenters. The SMILES string of the molecule is O=C(NCCc1ccccn1)[C@H]1Cc2cc(Cl)ccc2O1. The fraction of sp³-hybridized carbons (Fsp3) is 0.250. The monoisotopic (exact) mass is 302 g/mol. The van der Waals surface area contributed by atoms with E-state index in [-0.39, 0.29) is 5.91 Å². The van der Waals surface area contributed by atoms with Crippen LogP contribution in [0.2, 0.25) is 5.02 Å². The molecule has 0 saturated carbocycles. The zero-order chi connectivity index (χ0) is 14.7. The smallest absolute Gasteiger partial charge is 0.261 e. The number of nitrogens with zero attached hydrogens (tertiary/aromatic N) is 1. The van der Waals surface area contributed by atoms with Gasteiger partial charge in [-0.05, 0) is 35.9 Å². The topological polar surface area (TPSA) is 51.2 Å². The van der Waals surface area contributed by atoms with E-state index in [9.17, 15) is 4.79 Å². The first-order valence-electron chi connectivity index (χ1n) is 6.85. The number of hydrogen-bond donors (Lipinski definition) is 1. The molecule has 1 N–H and O–H groups in total. The average molecular weight is 303 g/mol. The molecular formula is C16H15ClN2O2. The zero-order valence-corrected chi connectivity index (χ0v) is 12.1. The van der Waals surface area contributed by atoms with E-state index in [0.29, 0.717) is 24.4 Å². The van der Waals surface area contributed by atoms with Gasteiger partial charge in [0.2, 0.25) is 0 Å². The summed E-state index contributed by atoms with van der Waals surface area (Å²) in [7, 11) is 0. The molecule has 2 aromatic rings. The average Bonchev–Trinajstić information content (AvgIpc) is 2.91. The second kappa shape index (κ2) is 6.14. The van der Waals surface area contributed by atoms with Crippen LogP contribution in [-0.2, 0) is 17.6 Å². The van der Waals surface area contributed by atoms with Crippen molar-refractivity contribution in [1.82, 2.24) is 10.3 Å². The number of fused-ring (bicyclic) bond motifs is 1. The molecule has 0 bridgehead atoms. The number of halogens is 1. The number of pyridine rings is 1. The number of carbonyl (C=O) groups excluding carboxylic acids is 1. The maximum Gasteiger partial charge on any atom is 0.261 e. The zero-order valence-electron chi connectivity index (χ0n) is 11.4. The molecule has 1 amide bonds. The highest BCUT2D eigenvalue weighted by Crippen LogP contribution is 2.31. The summed E-state index contributed by atoms with van der Waals surface area (Å²) in [5.41, 5.74) is 1.94. The van der Waals surface area contributed by atoms with Crippen molar-refractivity contribution >= 4 is 17.5 Å². The molecule has 0 unspecified atom stereocenters. The number of hydrogen-bond acceptors (Lipinski definition) is 3. The number of ether oxygens (including phenoxy) is 1. The van der Waals surface area contributed by atoms with Crippen molar-refractivity contribution in [1.29, 1.82) is 0 Å². The molecule has 0 fully saturated rings. The fourth-order valence-corrected chi connectivity index (χ4v) is 2.53. The maximum absolute atomic E-state index is 12.1. The summed E-state index contributed by atoms with van der Waals surface area (Å²) in [5.74, 6) is 0.641. The molecule has 1 aromatic carbocycles. The lowest BCUT2D eigenvalue weighted by atomic mass is 10.1. The van der Waals surface area contributed by atoms with Crippen LogP contribution in [0.15, 0.2) is 42.6 Å². The third kappa shape index (κ3) is 3.34. The van der Waals surface area contributed by atoms with E-state index in [1.54, 1.807) is 18.3 Å². The van der Waals surface area contributed by atoms with Gasteiger partial charge < -0.3 is 10.1 Å². The molecule has 5 heteroatoms. The van der Waals surface area contributed by atoms with Crippen molar-refractivity contribution in [2.45, 2.75) is 18.9 Å². The Balaban J connectivity index is 1.51. The normalized spacial score (nSPS) is 16.1. The van der Waals surface area contributed by atoms with E-state index < -0.39 is 6.10 Å². The van der Waals surface area contributed by atoms with Crippen LogP contribution >= 0.6 is 11.6 Å². The lowest BCUT2D eigenvalue weighted by Crippen LogP contribution is -2.38. The number of nitrogens with one attached hydrogen (secondary N) is 1. The van der Waals surface area contributed by atoms with Crippen LogP contribution in [0.1, 0.15) is 11.3 Å². The first kappa shape index (κ1) is 13.9. The van der Waals surface area contributed by atoms with Crippen LogP contribution < -0.4 is 10.1 Å². The van der Waals surface area contributed by atoms with E-state index in [1.807, 2.05) is 24.3 Å². The molecule has 0 spiro atoms. The van der Waals surface area contributed by atoms with E-state index in [0.717, 1.165) is 17.0 Å². The molecular weight excluding hydrogens is 288 g/mol. The Morgan fingerprint density at radius 2 is 2.29 bits per heavy atom. The Kier molecular flexibility index (Phi) is 4.06. The van der Waals surface area contributed by atoms with Crippen LogP contribution in [0.5, 0.6) is 5.75 Å². The Labute approximate surface area is 128 Å². The summed E-state index contributed by atoms with van der Waals surface area (Å²) in [6.07, 6.45) is 2.54. The molecule has 4 nitrogen and oxygen atoms in total. The van der Waals surface area contributed by atoms with Crippen molar-refractivity contribution in [3.63, 3.8) is 0 Å². The summed E-state index contributed by atoms with van der Waals surface area (Å²) in [4.78, 5) is 16.3. The molecule has 21 heavy (non-hydrogen) atoms. The van der Waals surface area contributed by atoms with Crippen LogP contribution in [-0.4, -0.2) is 23.5 Å². The molecule has 0 radical (unpaired) electrons. The minimum atomic E-state index is -0.470. The molecule has 1 aromatic heterocycles. The van der Waals surface area contributed by atoms with Gasteiger partial charge in [-0.15, -0.1) is 0 Å². The molecule has 1 aliphatic heterocycles. The highest BCUT2D eigenvalue weighted by Gasteiger charge is 2.28. The highest BCUT2D eigenvalue weighted by molar-refractivity contribution is 6.30. The van der Waals surface area contributed by atoms with Crippen molar-refractivity contribution in [3.05, 3.63) is 58.9 Å².